The second-order valence-electron chi connectivity index (χ2n) is 7.19. The zero-order chi connectivity index (χ0) is 22.4. The Kier molecular flexibility index (Phi) is 7.18. The summed E-state index contributed by atoms with van der Waals surface area (Å²) in [7, 11) is 1.79. The van der Waals surface area contributed by atoms with Crippen molar-refractivity contribution >= 4 is 11.6 Å². The Hall–Kier alpha value is -3.48. The Balaban J connectivity index is 1.88. The fourth-order valence-corrected chi connectivity index (χ4v) is 3.26. The van der Waals surface area contributed by atoms with Gasteiger partial charge < -0.3 is 14.8 Å². The van der Waals surface area contributed by atoms with Gasteiger partial charge in [-0.25, -0.2) is 4.68 Å². The molecule has 7 heteroatoms. The molecule has 0 spiro atoms. The summed E-state index contributed by atoms with van der Waals surface area (Å²) in [5.41, 5.74) is 1.74. The van der Waals surface area contributed by atoms with Gasteiger partial charge in [0.1, 0.15) is 5.69 Å². The lowest BCUT2D eigenvalue weighted by molar-refractivity contribution is 0.102. The number of aromatic nitrogens is 2. The summed E-state index contributed by atoms with van der Waals surface area (Å²) in [6.45, 7) is 6.81. The minimum Gasteiger partial charge on any atom is -0.490 e. The molecule has 0 unspecified atom stereocenters. The molecule has 0 atom stereocenters. The molecule has 0 saturated heterocycles. The SMILES string of the molecule is CCCCOc1ccc(C(=O)Nc2c(C)n(C)n(-c3ccccc3)c2=O)cc1OCC. The molecule has 0 aliphatic rings. The van der Waals surface area contributed by atoms with Crippen LogP contribution < -0.4 is 20.3 Å². The molecule has 3 aromatic rings. The van der Waals surface area contributed by atoms with Gasteiger partial charge in [0, 0.05) is 12.6 Å². The monoisotopic (exact) mass is 423 g/mol. The highest BCUT2D eigenvalue weighted by atomic mass is 16.5. The molecule has 164 valence electrons. The summed E-state index contributed by atoms with van der Waals surface area (Å²) in [4.78, 5) is 26.0. The summed E-state index contributed by atoms with van der Waals surface area (Å²) in [6, 6.07) is 14.4. The Morgan fingerprint density at radius 1 is 1.03 bits per heavy atom. The van der Waals surface area contributed by atoms with Crippen molar-refractivity contribution in [2.45, 2.75) is 33.6 Å². The first-order valence-electron chi connectivity index (χ1n) is 10.5. The van der Waals surface area contributed by atoms with E-state index >= 15 is 0 Å². The molecular weight excluding hydrogens is 394 g/mol. The number of benzene rings is 2. The Bertz CT molecular complexity index is 1100. The maximum absolute atomic E-state index is 13.0. The quantitative estimate of drug-likeness (QED) is 0.520. The van der Waals surface area contributed by atoms with Gasteiger partial charge in [0.05, 0.1) is 24.6 Å². The van der Waals surface area contributed by atoms with Gasteiger partial charge in [-0.2, -0.15) is 0 Å². The van der Waals surface area contributed by atoms with Crippen molar-refractivity contribution in [2.75, 3.05) is 18.5 Å². The minimum absolute atomic E-state index is 0.248. The van der Waals surface area contributed by atoms with E-state index in [9.17, 15) is 9.59 Å². The fourth-order valence-electron chi connectivity index (χ4n) is 3.26. The van der Waals surface area contributed by atoms with Crippen LogP contribution in [0.4, 0.5) is 5.69 Å². The lowest BCUT2D eigenvalue weighted by atomic mass is 10.2. The third kappa shape index (κ3) is 4.82. The molecule has 0 saturated carbocycles. The van der Waals surface area contributed by atoms with Crippen molar-refractivity contribution in [3.8, 4) is 17.2 Å². The molecular formula is C24H29N3O4. The molecule has 7 nitrogen and oxygen atoms in total. The summed E-state index contributed by atoms with van der Waals surface area (Å²) in [5.74, 6) is 0.735. The number of nitrogens with one attached hydrogen (secondary N) is 1. The van der Waals surface area contributed by atoms with Gasteiger partial charge in [-0.3, -0.25) is 14.3 Å². The number of carbonyl (C=O) groups is 1. The fraction of sp³-hybridized carbons (Fsp3) is 0.333. The smallest absolute Gasteiger partial charge is 0.295 e. The number of nitrogens with zero attached hydrogens (tertiary/aromatic N) is 2. The first-order chi connectivity index (χ1) is 15.0. The van der Waals surface area contributed by atoms with E-state index in [1.165, 1.54) is 4.68 Å². The zero-order valence-electron chi connectivity index (χ0n) is 18.5. The van der Waals surface area contributed by atoms with Crippen LogP contribution in [-0.2, 0) is 7.05 Å². The highest BCUT2D eigenvalue weighted by molar-refractivity contribution is 6.04. The van der Waals surface area contributed by atoms with Crippen LogP contribution in [0.2, 0.25) is 0 Å². The third-order valence-corrected chi connectivity index (χ3v) is 5.05. The van der Waals surface area contributed by atoms with E-state index in [0.29, 0.717) is 36.0 Å². The standard InChI is InChI=1S/C24H29N3O4/c1-5-7-15-31-20-14-13-18(16-21(20)30-6-2)23(28)25-22-17(3)26(4)27(24(22)29)19-11-9-8-10-12-19/h8-14,16H,5-7,15H2,1-4H3,(H,25,28). The first-order valence-corrected chi connectivity index (χ1v) is 10.5. The molecule has 0 fully saturated rings. The summed E-state index contributed by atoms with van der Waals surface area (Å²) in [5, 5.41) is 2.78. The zero-order valence-corrected chi connectivity index (χ0v) is 18.5. The number of amides is 1. The molecule has 1 aromatic heterocycles. The summed E-state index contributed by atoms with van der Waals surface area (Å²) >= 11 is 0. The highest BCUT2D eigenvalue weighted by Crippen LogP contribution is 2.29. The van der Waals surface area contributed by atoms with Crippen LogP contribution in [0.3, 0.4) is 0 Å². The van der Waals surface area contributed by atoms with Gasteiger partial charge in [0.2, 0.25) is 0 Å². The normalized spacial score (nSPS) is 10.7. The molecule has 31 heavy (non-hydrogen) atoms. The maximum Gasteiger partial charge on any atom is 0.295 e. The van der Waals surface area contributed by atoms with E-state index in [4.69, 9.17) is 9.47 Å². The highest BCUT2D eigenvalue weighted by Gasteiger charge is 2.19. The molecule has 1 heterocycles. The van der Waals surface area contributed by atoms with Crippen LogP contribution in [0.15, 0.2) is 53.3 Å². The van der Waals surface area contributed by atoms with Crippen molar-refractivity contribution in [3.63, 3.8) is 0 Å². The van der Waals surface area contributed by atoms with Gasteiger partial charge in [-0.05, 0) is 50.6 Å². The van der Waals surface area contributed by atoms with Gasteiger partial charge >= 0.3 is 0 Å². The number of ether oxygens (including phenoxy) is 2. The summed E-state index contributed by atoms with van der Waals surface area (Å²) in [6.07, 6.45) is 1.97. The maximum atomic E-state index is 13.0. The summed E-state index contributed by atoms with van der Waals surface area (Å²) < 4.78 is 14.7. The predicted octanol–water partition coefficient (Wildman–Crippen LogP) is 4.31. The average Bonchev–Trinajstić information content (AvgIpc) is 2.98. The lowest BCUT2D eigenvalue weighted by Gasteiger charge is -2.13. The third-order valence-electron chi connectivity index (χ3n) is 5.05. The predicted molar refractivity (Wildman–Crippen MR) is 122 cm³/mol. The van der Waals surface area contributed by atoms with Gasteiger partial charge in [-0.15, -0.1) is 0 Å². The number of anilines is 1. The van der Waals surface area contributed by atoms with Crippen molar-refractivity contribution in [3.05, 3.63) is 70.1 Å². The number of unbranched alkanes of at least 4 members (excludes halogenated alkanes) is 1. The molecule has 1 N–H and O–H groups in total. The van der Waals surface area contributed by atoms with E-state index < -0.39 is 0 Å². The van der Waals surface area contributed by atoms with Crippen LogP contribution in [0.1, 0.15) is 42.7 Å². The number of para-hydroxylation sites is 1. The molecule has 2 aromatic carbocycles. The van der Waals surface area contributed by atoms with Crippen LogP contribution in [0.25, 0.3) is 5.69 Å². The number of hydrogen-bond acceptors (Lipinski definition) is 4. The largest absolute Gasteiger partial charge is 0.490 e. The van der Waals surface area contributed by atoms with Crippen molar-refractivity contribution < 1.29 is 14.3 Å². The van der Waals surface area contributed by atoms with Gasteiger partial charge in [-0.1, -0.05) is 31.5 Å². The molecule has 0 radical (unpaired) electrons. The Labute approximate surface area is 182 Å². The molecule has 0 bridgehead atoms. The first kappa shape index (κ1) is 22.2. The van der Waals surface area contributed by atoms with Crippen molar-refractivity contribution in [2.24, 2.45) is 7.05 Å². The molecule has 3 rings (SSSR count). The van der Waals surface area contributed by atoms with Crippen LogP contribution >= 0.6 is 0 Å². The van der Waals surface area contributed by atoms with Crippen LogP contribution in [0.5, 0.6) is 11.5 Å². The van der Waals surface area contributed by atoms with E-state index in [0.717, 1.165) is 18.5 Å². The van der Waals surface area contributed by atoms with E-state index in [1.54, 1.807) is 36.9 Å². The van der Waals surface area contributed by atoms with E-state index in [1.807, 2.05) is 37.3 Å². The Morgan fingerprint density at radius 3 is 2.45 bits per heavy atom. The molecule has 1 amide bonds. The number of hydrogen-bond donors (Lipinski definition) is 1. The molecule has 0 aliphatic heterocycles. The van der Waals surface area contributed by atoms with Crippen molar-refractivity contribution in [1.29, 1.82) is 0 Å². The van der Waals surface area contributed by atoms with E-state index in [2.05, 4.69) is 12.2 Å². The molecule has 0 aliphatic carbocycles. The van der Waals surface area contributed by atoms with Gasteiger partial charge in [0.15, 0.2) is 11.5 Å². The second kappa shape index (κ2) is 10.0. The average molecular weight is 424 g/mol. The minimum atomic E-state index is -0.382. The lowest BCUT2D eigenvalue weighted by Crippen LogP contribution is -2.23. The van der Waals surface area contributed by atoms with Crippen molar-refractivity contribution in [1.82, 2.24) is 9.36 Å². The Morgan fingerprint density at radius 2 is 1.77 bits per heavy atom. The van der Waals surface area contributed by atoms with E-state index in [-0.39, 0.29) is 17.2 Å². The number of rotatable bonds is 9. The topological polar surface area (TPSA) is 74.5 Å². The van der Waals surface area contributed by atoms with Crippen LogP contribution in [0, 0.1) is 6.92 Å². The number of carbonyl (C=O) groups excluding carboxylic acids is 1. The van der Waals surface area contributed by atoms with Crippen LogP contribution in [-0.4, -0.2) is 28.5 Å². The van der Waals surface area contributed by atoms with Gasteiger partial charge in [0.25, 0.3) is 11.5 Å². The second-order valence-corrected chi connectivity index (χ2v) is 7.19.